The first-order chi connectivity index (χ1) is 17.2. The van der Waals surface area contributed by atoms with Gasteiger partial charge < -0.3 is 14.7 Å². The minimum absolute atomic E-state index is 0.0800. The maximum Gasteiger partial charge on any atom is 0.271 e. The van der Waals surface area contributed by atoms with Crippen LogP contribution in [-0.2, 0) is 4.79 Å². The third-order valence-electron chi connectivity index (χ3n) is 6.08. The van der Waals surface area contributed by atoms with Gasteiger partial charge in [-0.2, -0.15) is 0 Å². The summed E-state index contributed by atoms with van der Waals surface area (Å²) >= 11 is 13.4. The van der Waals surface area contributed by atoms with Crippen molar-refractivity contribution < 1.29 is 14.6 Å². The highest BCUT2D eigenvalue weighted by Gasteiger charge is 2.35. The van der Waals surface area contributed by atoms with Crippen LogP contribution in [0, 0.1) is 0 Å². The number of hydrogen-bond donors (Lipinski definition) is 1. The number of ether oxygens (including phenoxy) is 1. The molecule has 0 aliphatic carbocycles. The number of methoxy groups -OCH3 is 1. The predicted octanol–water partition coefficient (Wildman–Crippen LogP) is 4.12. The van der Waals surface area contributed by atoms with E-state index in [4.69, 9.17) is 27.9 Å². The van der Waals surface area contributed by atoms with Crippen LogP contribution >= 0.6 is 34.5 Å². The Bertz CT molecular complexity index is 1550. The summed E-state index contributed by atoms with van der Waals surface area (Å²) in [4.78, 5) is 34.3. The van der Waals surface area contributed by atoms with Gasteiger partial charge in [-0.1, -0.05) is 52.7 Å². The SMILES string of the molecule is CCN(CC)C(=O)C1=C(C)N=c2s/c(=C/c3cc(Cl)cc(Cl)c3O)c(=O)n2[C@@H]1c1ccccc1OC. The number of rotatable bonds is 6. The number of carbonyl (C=O) groups excluding carboxylic acids is 1. The summed E-state index contributed by atoms with van der Waals surface area (Å²) in [5, 5.41) is 10.8. The van der Waals surface area contributed by atoms with E-state index in [2.05, 4.69) is 4.99 Å². The Labute approximate surface area is 222 Å². The number of para-hydroxylation sites is 1. The first-order valence-corrected chi connectivity index (χ1v) is 12.9. The fraction of sp³-hybridized carbons (Fsp3) is 0.269. The second kappa shape index (κ2) is 10.5. The van der Waals surface area contributed by atoms with Crippen LogP contribution in [0.1, 0.15) is 37.9 Å². The topological polar surface area (TPSA) is 84.1 Å². The third kappa shape index (κ3) is 4.56. The molecule has 0 unspecified atom stereocenters. The van der Waals surface area contributed by atoms with E-state index in [1.807, 2.05) is 32.0 Å². The Kier molecular flexibility index (Phi) is 7.59. The minimum Gasteiger partial charge on any atom is -0.506 e. The zero-order chi connectivity index (χ0) is 26.1. The van der Waals surface area contributed by atoms with Gasteiger partial charge in [-0.25, -0.2) is 4.99 Å². The minimum atomic E-state index is -0.746. The quantitative estimate of drug-likeness (QED) is 0.504. The lowest BCUT2D eigenvalue weighted by Gasteiger charge is -2.29. The van der Waals surface area contributed by atoms with E-state index in [9.17, 15) is 14.7 Å². The van der Waals surface area contributed by atoms with E-state index in [0.29, 0.717) is 55.6 Å². The second-order valence-electron chi connectivity index (χ2n) is 8.13. The molecule has 1 aliphatic rings. The Morgan fingerprint density at radius 2 is 1.94 bits per heavy atom. The molecule has 3 aromatic rings. The van der Waals surface area contributed by atoms with Crippen LogP contribution in [0.25, 0.3) is 6.08 Å². The lowest BCUT2D eigenvalue weighted by atomic mass is 9.94. The average molecular weight is 546 g/mol. The molecule has 0 radical (unpaired) electrons. The first kappa shape index (κ1) is 26.0. The summed E-state index contributed by atoms with van der Waals surface area (Å²) in [5.74, 6) is 0.184. The molecule has 0 bridgehead atoms. The van der Waals surface area contributed by atoms with Crippen molar-refractivity contribution in [2.75, 3.05) is 20.2 Å². The molecule has 0 fully saturated rings. The van der Waals surface area contributed by atoms with E-state index in [1.54, 1.807) is 25.0 Å². The van der Waals surface area contributed by atoms with E-state index in [1.165, 1.54) is 22.8 Å². The molecule has 1 aromatic heterocycles. The number of thiazole rings is 1. The number of phenolic OH excluding ortho intramolecular Hbond substituents is 1. The number of allylic oxidation sites excluding steroid dienone is 1. The molecule has 1 aliphatic heterocycles. The zero-order valence-electron chi connectivity index (χ0n) is 20.2. The van der Waals surface area contributed by atoms with Crippen LogP contribution in [0.2, 0.25) is 10.0 Å². The van der Waals surface area contributed by atoms with Gasteiger partial charge in [0.25, 0.3) is 11.5 Å². The molecule has 1 amide bonds. The van der Waals surface area contributed by atoms with E-state index >= 15 is 0 Å². The molecule has 0 spiro atoms. The number of fused-ring (bicyclic) bond motifs is 1. The van der Waals surface area contributed by atoms with Crippen LogP contribution in [0.3, 0.4) is 0 Å². The van der Waals surface area contributed by atoms with Crippen LogP contribution in [0.5, 0.6) is 11.5 Å². The molecule has 188 valence electrons. The standard InChI is InChI=1S/C26H25Cl2N3O4S/c1-5-30(6-2)25(34)21-14(3)29-26-31(22(21)17-9-7-8-10-19(17)35-4)24(33)20(36-26)12-15-11-16(27)13-18(28)23(15)32/h7-13,22,32H,5-6H2,1-4H3/b20-12+/t22-/m1/s1. The molecule has 2 heterocycles. The number of phenols is 1. The molecule has 0 saturated carbocycles. The highest BCUT2D eigenvalue weighted by molar-refractivity contribution is 7.07. The summed E-state index contributed by atoms with van der Waals surface area (Å²) in [7, 11) is 1.55. The molecule has 7 nitrogen and oxygen atoms in total. The first-order valence-electron chi connectivity index (χ1n) is 11.3. The van der Waals surface area contributed by atoms with Crippen LogP contribution < -0.4 is 19.6 Å². The second-order valence-corrected chi connectivity index (χ2v) is 9.98. The van der Waals surface area contributed by atoms with E-state index in [-0.39, 0.29) is 22.2 Å². The molecule has 1 N–H and O–H groups in total. The van der Waals surface area contributed by atoms with Gasteiger partial charge in [-0.15, -0.1) is 0 Å². The predicted molar refractivity (Wildman–Crippen MR) is 143 cm³/mol. The van der Waals surface area contributed by atoms with Crippen molar-refractivity contribution in [3.8, 4) is 11.5 Å². The average Bonchev–Trinajstić information content (AvgIpc) is 3.16. The number of aromatic hydroxyl groups is 1. The summed E-state index contributed by atoms with van der Waals surface area (Å²) < 4.78 is 7.44. The van der Waals surface area contributed by atoms with Crippen molar-refractivity contribution >= 4 is 46.5 Å². The molecule has 0 saturated heterocycles. The Balaban J connectivity index is 2.02. The highest BCUT2D eigenvalue weighted by Crippen LogP contribution is 2.36. The molecule has 36 heavy (non-hydrogen) atoms. The number of halogens is 2. The lowest BCUT2D eigenvalue weighted by molar-refractivity contribution is -0.127. The van der Waals surface area contributed by atoms with Gasteiger partial charge in [0.2, 0.25) is 0 Å². The molecule has 1 atom stereocenters. The number of likely N-dealkylation sites (N-methyl/N-ethyl adjacent to an activating group) is 1. The normalized spacial score (nSPS) is 15.5. The van der Waals surface area contributed by atoms with Gasteiger partial charge in [0.15, 0.2) is 4.80 Å². The number of carbonyl (C=O) groups is 1. The number of nitrogens with zero attached hydrogens (tertiary/aromatic N) is 3. The van der Waals surface area contributed by atoms with Gasteiger partial charge in [0, 0.05) is 29.2 Å². The van der Waals surface area contributed by atoms with Gasteiger partial charge in [0.05, 0.1) is 27.9 Å². The number of aromatic nitrogens is 1. The monoisotopic (exact) mass is 545 g/mol. The molecular weight excluding hydrogens is 521 g/mol. The lowest BCUT2D eigenvalue weighted by Crippen LogP contribution is -2.43. The fourth-order valence-electron chi connectivity index (χ4n) is 4.30. The number of amides is 1. The maximum absolute atomic E-state index is 13.8. The highest BCUT2D eigenvalue weighted by atomic mass is 35.5. The molecule has 4 rings (SSSR count). The van der Waals surface area contributed by atoms with Crippen LogP contribution in [0.4, 0.5) is 0 Å². The van der Waals surface area contributed by atoms with Gasteiger partial charge in [-0.3, -0.25) is 14.2 Å². The third-order valence-corrected chi connectivity index (χ3v) is 7.57. The molecular formula is C26H25Cl2N3O4S. The Morgan fingerprint density at radius 1 is 1.25 bits per heavy atom. The Hall–Kier alpha value is -3.07. The smallest absolute Gasteiger partial charge is 0.271 e. The van der Waals surface area contributed by atoms with E-state index < -0.39 is 6.04 Å². The van der Waals surface area contributed by atoms with Crippen molar-refractivity contribution in [3.63, 3.8) is 0 Å². The van der Waals surface area contributed by atoms with E-state index in [0.717, 1.165) is 11.3 Å². The largest absolute Gasteiger partial charge is 0.506 e. The molecule has 2 aromatic carbocycles. The zero-order valence-corrected chi connectivity index (χ0v) is 22.5. The summed E-state index contributed by atoms with van der Waals surface area (Å²) in [6.45, 7) is 6.63. The number of hydrogen-bond acceptors (Lipinski definition) is 6. The summed E-state index contributed by atoms with van der Waals surface area (Å²) in [6.07, 6.45) is 1.53. The molecule has 10 heteroatoms. The van der Waals surface area contributed by atoms with Crippen LogP contribution in [0.15, 0.2) is 57.5 Å². The fourth-order valence-corrected chi connectivity index (χ4v) is 5.85. The van der Waals surface area contributed by atoms with Gasteiger partial charge in [-0.05, 0) is 45.0 Å². The number of benzene rings is 2. The Morgan fingerprint density at radius 3 is 2.61 bits per heavy atom. The van der Waals surface area contributed by atoms with Crippen molar-refractivity contribution in [3.05, 3.63) is 88.5 Å². The summed E-state index contributed by atoms with van der Waals surface area (Å²) in [6, 6.07) is 9.52. The van der Waals surface area contributed by atoms with Gasteiger partial charge >= 0.3 is 0 Å². The van der Waals surface area contributed by atoms with Crippen molar-refractivity contribution in [2.24, 2.45) is 4.99 Å². The van der Waals surface area contributed by atoms with Gasteiger partial charge in [0.1, 0.15) is 17.5 Å². The maximum atomic E-state index is 13.8. The summed E-state index contributed by atoms with van der Waals surface area (Å²) in [5.41, 5.74) is 1.57. The van der Waals surface area contributed by atoms with Crippen molar-refractivity contribution in [1.82, 2.24) is 9.47 Å². The van der Waals surface area contributed by atoms with Crippen molar-refractivity contribution in [1.29, 1.82) is 0 Å². The van der Waals surface area contributed by atoms with Crippen LogP contribution in [-0.4, -0.2) is 40.7 Å². The van der Waals surface area contributed by atoms with Crippen molar-refractivity contribution in [2.45, 2.75) is 26.8 Å².